The quantitative estimate of drug-likeness (QED) is 0.120. The number of carboxylic acids is 1. The third kappa shape index (κ3) is 9.09. The van der Waals surface area contributed by atoms with Gasteiger partial charge in [-0.25, -0.2) is 4.79 Å². The van der Waals surface area contributed by atoms with Gasteiger partial charge in [0.15, 0.2) is 25.0 Å². The second-order valence-corrected chi connectivity index (χ2v) is 21.1. The lowest BCUT2D eigenvalue weighted by Crippen LogP contribution is -2.67. The van der Waals surface area contributed by atoms with Gasteiger partial charge >= 0.3 is 5.97 Å². The van der Waals surface area contributed by atoms with Crippen LogP contribution in [0, 0.1) is 52.3 Å². The number of hydrogen-bond donors (Lipinski definition) is 9. The maximum Gasteiger partial charge on any atom is 0.335 e. The van der Waals surface area contributed by atoms with Crippen molar-refractivity contribution in [1.82, 2.24) is 0 Å². The molecule has 3 saturated heterocycles. The highest BCUT2D eigenvalue weighted by atomic mass is 16.8. The summed E-state index contributed by atoms with van der Waals surface area (Å²) in [7, 11) is 0. The third-order valence-electron chi connectivity index (χ3n) is 17.1. The predicted molar refractivity (Wildman–Crippen MR) is 216 cm³/mol. The minimum atomic E-state index is -2.00. The molecule has 7 aliphatic rings. The molecule has 3 aliphatic heterocycles. The average molecular weight is 873 g/mol. The van der Waals surface area contributed by atoms with Gasteiger partial charge in [0, 0.05) is 0 Å². The standard InChI is InChI=1S/C45H76O16/c1-20(2)8-7-9-21(3)26-12-13-27-25-11-10-23-18-24(14-16-44(23,5)28(25)15-17-45(26,27)6)57-43-39(61-42-35(52)33(50)31(48)29(19-46)58-42)37(36(53)38(60-43)40(54)55)59-41-34(51)32(49)30(47)22(4)56-41/h20-39,41-43,46-53H,7-19H2,1-6H3,(H,54,55)/t21-,22+,23+,24+,25+,26-,27+,28+,29-,30+,31+,32-,33+,34-,35-,36+,37+,38+,39-,41+,42+,43-,44+,45-/m1/s1. The van der Waals surface area contributed by atoms with Crippen LogP contribution in [0.25, 0.3) is 0 Å². The van der Waals surface area contributed by atoms with Crippen LogP contribution in [0.2, 0.25) is 0 Å². The highest BCUT2D eigenvalue weighted by Gasteiger charge is 2.62. The first-order valence-electron chi connectivity index (χ1n) is 23.3. The normalized spacial score (nSPS) is 52.0. The molecular formula is C45H76O16. The van der Waals surface area contributed by atoms with Crippen molar-refractivity contribution in [2.24, 2.45) is 52.3 Å². The van der Waals surface area contributed by atoms with Crippen LogP contribution >= 0.6 is 0 Å². The third-order valence-corrected chi connectivity index (χ3v) is 17.1. The zero-order valence-electron chi connectivity index (χ0n) is 36.9. The summed E-state index contributed by atoms with van der Waals surface area (Å²) < 4.78 is 36.2. The molecule has 61 heavy (non-hydrogen) atoms. The van der Waals surface area contributed by atoms with Crippen molar-refractivity contribution in [3.05, 3.63) is 0 Å². The molecule has 3 heterocycles. The van der Waals surface area contributed by atoms with Crippen molar-refractivity contribution < 1.29 is 79.2 Å². The van der Waals surface area contributed by atoms with Crippen molar-refractivity contribution in [2.75, 3.05) is 6.61 Å². The lowest BCUT2D eigenvalue weighted by atomic mass is 9.44. The van der Waals surface area contributed by atoms with Crippen molar-refractivity contribution in [1.29, 1.82) is 0 Å². The molecule has 7 rings (SSSR count). The van der Waals surface area contributed by atoms with Crippen LogP contribution in [0.4, 0.5) is 0 Å². The molecule has 9 N–H and O–H groups in total. The largest absolute Gasteiger partial charge is 0.479 e. The van der Waals surface area contributed by atoms with Crippen LogP contribution < -0.4 is 0 Å². The number of hydrogen-bond acceptors (Lipinski definition) is 15. The Labute approximate surface area is 360 Å². The molecule has 4 aliphatic carbocycles. The Morgan fingerprint density at radius 1 is 0.672 bits per heavy atom. The summed E-state index contributed by atoms with van der Waals surface area (Å²) in [4.78, 5) is 12.6. The van der Waals surface area contributed by atoms with Crippen LogP contribution in [-0.2, 0) is 33.2 Å². The van der Waals surface area contributed by atoms with Gasteiger partial charge < -0.3 is 74.4 Å². The Morgan fingerprint density at radius 2 is 1.31 bits per heavy atom. The Morgan fingerprint density at radius 3 is 1.98 bits per heavy atom. The molecule has 352 valence electrons. The van der Waals surface area contributed by atoms with Gasteiger partial charge in [-0.2, -0.15) is 0 Å². The van der Waals surface area contributed by atoms with E-state index in [2.05, 4.69) is 34.6 Å². The van der Waals surface area contributed by atoms with Gasteiger partial charge in [-0.05, 0) is 117 Å². The number of aliphatic hydroxyl groups is 8. The topological polar surface area (TPSA) is 255 Å². The van der Waals surface area contributed by atoms with Gasteiger partial charge in [-0.1, -0.05) is 53.9 Å². The van der Waals surface area contributed by atoms with Crippen LogP contribution in [0.5, 0.6) is 0 Å². The second kappa shape index (κ2) is 19.0. The van der Waals surface area contributed by atoms with Crippen LogP contribution in [0.3, 0.4) is 0 Å². The smallest absolute Gasteiger partial charge is 0.335 e. The van der Waals surface area contributed by atoms with Gasteiger partial charge in [0.1, 0.15) is 61.0 Å². The summed E-state index contributed by atoms with van der Waals surface area (Å²) in [6.45, 7) is 12.9. The fourth-order valence-electron chi connectivity index (χ4n) is 13.6. The van der Waals surface area contributed by atoms with Crippen molar-refractivity contribution in [3.8, 4) is 0 Å². The molecule has 16 nitrogen and oxygen atoms in total. The Hall–Kier alpha value is -1.09. The van der Waals surface area contributed by atoms with E-state index in [4.69, 9.17) is 28.4 Å². The van der Waals surface area contributed by atoms with E-state index >= 15 is 0 Å². The van der Waals surface area contributed by atoms with E-state index in [1.807, 2.05) is 0 Å². The summed E-state index contributed by atoms with van der Waals surface area (Å²) in [5.74, 6) is 3.01. The van der Waals surface area contributed by atoms with E-state index in [-0.39, 0.29) is 5.41 Å². The fraction of sp³-hybridized carbons (Fsp3) is 0.978. The summed E-state index contributed by atoms with van der Waals surface area (Å²) in [5, 5.41) is 95.5. The number of carboxylic acid groups (broad SMARTS) is 1. The zero-order chi connectivity index (χ0) is 44.3. The minimum Gasteiger partial charge on any atom is -0.479 e. The molecular weight excluding hydrogens is 796 g/mol. The van der Waals surface area contributed by atoms with Crippen LogP contribution in [-0.4, -0.2) is 157 Å². The van der Waals surface area contributed by atoms with Gasteiger partial charge in [0.05, 0.1) is 18.8 Å². The van der Waals surface area contributed by atoms with E-state index in [9.17, 15) is 50.8 Å². The first kappa shape index (κ1) is 47.9. The number of aliphatic carboxylic acids is 1. The molecule has 7 fully saturated rings. The zero-order valence-corrected chi connectivity index (χ0v) is 36.9. The molecule has 0 amide bonds. The lowest BCUT2D eigenvalue weighted by Gasteiger charge is -2.61. The highest BCUT2D eigenvalue weighted by molar-refractivity contribution is 5.73. The molecule has 0 unspecified atom stereocenters. The van der Waals surface area contributed by atoms with E-state index < -0.39 is 111 Å². The number of carbonyl (C=O) groups is 1. The lowest BCUT2D eigenvalue weighted by molar-refractivity contribution is -0.391. The Kier molecular flexibility index (Phi) is 14.9. The number of aliphatic hydroxyl groups excluding tert-OH is 8. The van der Waals surface area contributed by atoms with Gasteiger partial charge in [-0.15, -0.1) is 0 Å². The minimum absolute atomic E-state index is 0.0900. The summed E-state index contributed by atoms with van der Waals surface area (Å²) in [6, 6.07) is 0. The number of rotatable bonds is 13. The van der Waals surface area contributed by atoms with Gasteiger partial charge in [-0.3, -0.25) is 0 Å². The molecule has 0 bridgehead atoms. The maximum atomic E-state index is 12.6. The van der Waals surface area contributed by atoms with Gasteiger partial charge in [0.2, 0.25) is 0 Å². The van der Waals surface area contributed by atoms with Crippen LogP contribution in [0.15, 0.2) is 0 Å². The predicted octanol–water partition coefficient (Wildman–Crippen LogP) is 2.06. The highest BCUT2D eigenvalue weighted by Crippen LogP contribution is 2.68. The molecule has 0 radical (unpaired) electrons. The fourth-order valence-corrected chi connectivity index (χ4v) is 13.6. The summed E-state index contributed by atoms with van der Waals surface area (Å²) >= 11 is 0. The second-order valence-electron chi connectivity index (χ2n) is 21.1. The molecule has 0 spiro atoms. The van der Waals surface area contributed by atoms with Crippen molar-refractivity contribution in [3.63, 3.8) is 0 Å². The molecule has 0 aromatic heterocycles. The molecule has 24 atom stereocenters. The molecule has 0 aromatic carbocycles. The van der Waals surface area contributed by atoms with Crippen molar-refractivity contribution >= 4 is 5.97 Å². The maximum absolute atomic E-state index is 12.6. The molecule has 16 heteroatoms. The monoisotopic (exact) mass is 873 g/mol. The Balaban J connectivity index is 1.09. The van der Waals surface area contributed by atoms with Crippen molar-refractivity contribution in [2.45, 2.75) is 217 Å². The van der Waals surface area contributed by atoms with Gasteiger partial charge in [0.25, 0.3) is 0 Å². The number of ether oxygens (including phenoxy) is 6. The average Bonchev–Trinajstić information content (AvgIpc) is 3.58. The van der Waals surface area contributed by atoms with E-state index in [1.54, 1.807) is 0 Å². The van der Waals surface area contributed by atoms with E-state index in [0.717, 1.165) is 42.9 Å². The molecule has 4 saturated carbocycles. The first-order chi connectivity index (χ1) is 28.8. The first-order valence-corrected chi connectivity index (χ1v) is 23.3. The summed E-state index contributed by atoms with van der Waals surface area (Å²) in [5.41, 5.74) is 0.460. The Bertz CT molecular complexity index is 1470. The number of fused-ring (bicyclic) bond motifs is 5. The summed E-state index contributed by atoms with van der Waals surface area (Å²) in [6.07, 6.45) is -12.2. The van der Waals surface area contributed by atoms with E-state index in [1.165, 1.54) is 51.9 Å². The van der Waals surface area contributed by atoms with E-state index in [0.29, 0.717) is 36.0 Å². The van der Waals surface area contributed by atoms with Crippen LogP contribution in [0.1, 0.15) is 119 Å². The SMILES string of the molecule is CC(C)CCC[C@@H](C)[C@H]1CC[C@H]2[C@@H]3CC[C@H]4C[C@@H](O[C@@H]5O[C@H](C(=O)O)[C@@H](O)[C@H](O[C@@H]6O[C@@H](C)[C@H](O)[C@@H](O)[C@H]6O)[C@H]5O[C@@H]5O[C@H](CO)[C@H](O)[C@H](O)[C@H]5O)CC[C@]4(C)[C@H]3CC[C@]12C. The molecule has 0 aromatic rings.